The number of rotatable bonds is 11. The number of hydrogen-bond donors (Lipinski definition) is 1. The van der Waals surface area contributed by atoms with Crippen molar-refractivity contribution in [1.82, 2.24) is 9.80 Å². The van der Waals surface area contributed by atoms with E-state index in [2.05, 4.69) is 61.0 Å². The molecule has 40 heavy (non-hydrogen) atoms. The zero-order chi connectivity index (χ0) is 28.7. The quantitative estimate of drug-likeness (QED) is 0.277. The summed E-state index contributed by atoms with van der Waals surface area (Å²) in [4.78, 5) is 30.5. The molecule has 2 aromatic carbocycles. The maximum absolute atomic E-state index is 13.8. The van der Waals surface area contributed by atoms with Crippen LogP contribution in [0.5, 0.6) is 5.75 Å². The number of piperidine rings is 1. The highest BCUT2D eigenvalue weighted by atomic mass is 16.5. The second kappa shape index (κ2) is 13.7. The number of likely N-dealkylation sites (tertiary alicyclic amines) is 1. The van der Waals surface area contributed by atoms with Gasteiger partial charge in [-0.05, 0) is 74.9 Å². The molecule has 1 unspecified atom stereocenters. The Balaban J connectivity index is 1.55. The van der Waals surface area contributed by atoms with E-state index >= 15 is 0 Å². The molecule has 2 fully saturated rings. The van der Waals surface area contributed by atoms with Crippen LogP contribution in [0.4, 0.5) is 0 Å². The Morgan fingerprint density at radius 3 is 2.58 bits per heavy atom. The van der Waals surface area contributed by atoms with Crippen molar-refractivity contribution in [1.29, 1.82) is 0 Å². The van der Waals surface area contributed by atoms with Gasteiger partial charge in [-0.1, -0.05) is 62.7 Å². The molecule has 2 aromatic rings. The van der Waals surface area contributed by atoms with Gasteiger partial charge >= 0.3 is 5.97 Å². The summed E-state index contributed by atoms with van der Waals surface area (Å²) >= 11 is 0. The minimum Gasteiger partial charge on any atom is -0.508 e. The number of aromatic hydroxyl groups is 1. The first-order valence-electron chi connectivity index (χ1n) is 15.2. The van der Waals surface area contributed by atoms with E-state index in [4.69, 9.17) is 4.74 Å². The van der Waals surface area contributed by atoms with Crippen molar-refractivity contribution in [2.45, 2.75) is 89.7 Å². The largest absolute Gasteiger partial charge is 0.508 e. The number of aryl methyl sites for hydroxylation is 1. The van der Waals surface area contributed by atoms with E-state index in [1.807, 2.05) is 18.2 Å². The first kappa shape index (κ1) is 30.1. The fraction of sp³-hybridized carbons (Fsp3) is 0.588. The van der Waals surface area contributed by atoms with Crippen LogP contribution in [0, 0.1) is 11.8 Å². The number of nitrogens with zero attached hydrogens (tertiary/aromatic N) is 2. The number of phenols is 1. The molecule has 1 aliphatic heterocycles. The van der Waals surface area contributed by atoms with E-state index in [1.165, 1.54) is 12.5 Å². The Morgan fingerprint density at radius 1 is 1.10 bits per heavy atom. The van der Waals surface area contributed by atoms with Crippen LogP contribution in [0.25, 0.3) is 0 Å². The lowest BCUT2D eigenvalue weighted by Crippen LogP contribution is -2.62. The molecule has 1 saturated carbocycles. The molecule has 1 amide bonds. The van der Waals surface area contributed by atoms with E-state index in [9.17, 15) is 14.7 Å². The van der Waals surface area contributed by atoms with Crippen LogP contribution in [0.1, 0.15) is 76.8 Å². The highest BCUT2D eigenvalue weighted by Gasteiger charge is 2.54. The Morgan fingerprint density at radius 2 is 1.88 bits per heavy atom. The number of fused-ring (bicyclic) bond motifs is 1. The summed E-state index contributed by atoms with van der Waals surface area (Å²) in [6.07, 6.45) is 6.66. The standard InChI is InChI=1S/C34H48N2O4/c1-25(2)23-36(33(39)17-10-6-9-14-27-12-7-5-8-13-27)29-21-32(40-26(3)37)31-24-35(4)19-18-34(31,22-29)28-15-11-16-30(38)20-28/h5,7-8,11-13,15-16,20,25,29,31-32,38H,6,9-10,14,17-19,21-24H2,1-4H3/t29-,31-,32?,34-/m0/s1. The van der Waals surface area contributed by atoms with Crippen molar-refractivity contribution in [2.24, 2.45) is 11.8 Å². The lowest BCUT2D eigenvalue weighted by Gasteiger charge is -2.56. The highest BCUT2D eigenvalue weighted by molar-refractivity contribution is 5.76. The molecule has 4 rings (SSSR count). The molecule has 1 N–H and O–H groups in total. The summed E-state index contributed by atoms with van der Waals surface area (Å²) in [7, 11) is 2.12. The van der Waals surface area contributed by atoms with Crippen LogP contribution in [0.3, 0.4) is 0 Å². The van der Waals surface area contributed by atoms with Crippen LogP contribution < -0.4 is 0 Å². The number of phenolic OH excluding ortho intramolecular Hbond substituents is 1. The first-order valence-corrected chi connectivity index (χ1v) is 15.2. The van der Waals surface area contributed by atoms with Crippen LogP contribution in [0.15, 0.2) is 54.6 Å². The van der Waals surface area contributed by atoms with Gasteiger partial charge in [0.25, 0.3) is 0 Å². The summed E-state index contributed by atoms with van der Waals surface area (Å²) in [5.41, 5.74) is 2.16. The van der Waals surface area contributed by atoms with Gasteiger partial charge in [-0.15, -0.1) is 0 Å². The second-order valence-corrected chi connectivity index (χ2v) is 12.6. The molecule has 6 heteroatoms. The van der Waals surface area contributed by atoms with E-state index in [1.54, 1.807) is 6.07 Å². The monoisotopic (exact) mass is 548 g/mol. The summed E-state index contributed by atoms with van der Waals surface area (Å²) in [5, 5.41) is 10.4. The first-order chi connectivity index (χ1) is 19.2. The van der Waals surface area contributed by atoms with E-state index in [-0.39, 0.29) is 41.1 Å². The number of carbonyl (C=O) groups is 2. The van der Waals surface area contributed by atoms with Gasteiger partial charge in [0, 0.05) is 50.2 Å². The van der Waals surface area contributed by atoms with E-state index in [0.29, 0.717) is 25.3 Å². The fourth-order valence-electron chi connectivity index (χ4n) is 7.13. The molecule has 0 radical (unpaired) electrons. The highest BCUT2D eigenvalue weighted by Crippen LogP contribution is 2.51. The van der Waals surface area contributed by atoms with Crippen LogP contribution in [-0.4, -0.2) is 65.6 Å². The van der Waals surface area contributed by atoms with Crippen molar-refractivity contribution in [2.75, 3.05) is 26.7 Å². The minimum absolute atomic E-state index is 0.0226. The minimum atomic E-state index is -0.283. The summed E-state index contributed by atoms with van der Waals surface area (Å²) < 4.78 is 6.04. The summed E-state index contributed by atoms with van der Waals surface area (Å²) in [6, 6.07) is 18.1. The van der Waals surface area contributed by atoms with Crippen molar-refractivity contribution in [3.8, 4) is 5.75 Å². The SMILES string of the molecule is CC(=O)OC1C[C@H](N(CC(C)C)C(=O)CCCCCc2ccccc2)C[C@]2(c3cccc(O)c3)CCN(C)C[C@@H]12. The number of esters is 1. The molecule has 0 aromatic heterocycles. The molecule has 1 heterocycles. The van der Waals surface area contributed by atoms with Crippen LogP contribution in [-0.2, 0) is 26.2 Å². The normalized spacial score (nSPS) is 24.9. The van der Waals surface area contributed by atoms with E-state index in [0.717, 1.165) is 57.2 Å². The molecule has 6 nitrogen and oxygen atoms in total. The third-order valence-corrected chi connectivity index (χ3v) is 8.97. The zero-order valence-electron chi connectivity index (χ0n) is 24.9. The molecule has 0 spiro atoms. The number of benzene rings is 2. The molecule has 0 bridgehead atoms. The molecular formula is C34H48N2O4. The maximum atomic E-state index is 13.8. The third kappa shape index (κ3) is 7.45. The summed E-state index contributed by atoms with van der Waals surface area (Å²) in [5.74, 6) is 0.617. The number of unbranched alkanes of at least 4 members (excludes halogenated alkanes) is 2. The second-order valence-electron chi connectivity index (χ2n) is 12.6. The number of amides is 1. The van der Waals surface area contributed by atoms with Crippen molar-refractivity contribution < 1.29 is 19.4 Å². The molecular weight excluding hydrogens is 500 g/mol. The lowest BCUT2D eigenvalue weighted by atomic mass is 9.56. The fourth-order valence-corrected chi connectivity index (χ4v) is 7.13. The van der Waals surface area contributed by atoms with Gasteiger partial charge < -0.3 is 19.6 Å². The number of carbonyl (C=O) groups excluding carboxylic acids is 2. The number of ether oxygens (including phenoxy) is 1. The van der Waals surface area contributed by atoms with Gasteiger partial charge in [-0.25, -0.2) is 0 Å². The maximum Gasteiger partial charge on any atom is 0.302 e. The average Bonchev–Trinajstić information content (AvgIpc) is 2.92. The van der Waals surface area contributed by atoms with Crippen molar-refractivity contribution >= 4 is 11.9 Å². The predicted molar refractivity (Wildman–Crippen MR) is 159 cm³/mol. The molecule has 218 valence electrons. The average molecular weight is 549 g/mol. The van der Waals surface area contributed by atoms with Gasteiger partial charge in [0.1, 0.15) is 11.9 Å². The Labute approximate surface area is 240 Å². The Bertz CT molecular complexity index is 1120. The van der Waals surface area contributed by atoms with Crippen LogP contribution in [0.2, 0.25) is 0 Å². The summed E-state index contributed by atoms with van der Waals surface area (Å²) in [6.45, 7) is 8.25. The molecule has 1 aliphatic carbocycles. The topological polar surface area (TPSA) is 70.1 Å². The van der Waals surface area contributed by atoms with Crippen LogP contribution >= 0.6 is 0 Å². The third-order valence-electron chi connectivity index (χ3n) is 8.97. The van der Waals surface area contributed by atoms with Gasteiger partial charge in [0.2, 0.25) is 5.91 Å². The molecule has 2 aliphatic rings. The lowest BCUT2D eigenvalue weighted by molar-refractivity contribution is -0.161. The van der Waals surface area contributed by atoms with E-state index < -0.39 is 0 Å². The molecule has 1 saturated heterocycles. The zero-order valence-corrected chi connectivity index (χ0v) is 24.9. The van der Waals surface area contributed by atoms with Crippen molar-refractivity contribution in [3.63, 3.8) is 0 Å². The predicted octanol–water partition coefficient (Wildman–Crippen LogP) is 5.96. The Hall–Kier alpha value is -2.86. The Kier molecular flexibility index (Phi) is 10.3. The van der Waals surface area contributed by atoms with Gasteiger partial charge in [0.15, 0.2) is 0 Å². The van der Waals surface area contributed by atoms with Gasteiger partial charge in [-0.2, -0.15) is 0 Å². The smallest absolute Gasteiger partial charge is 0.302 e. The molecule has 4 atom stereocenters. The van der Waals surface area contributed by atoms with Gasteiger partial charge in [-0.3, -0.25) is 9.59 Å². The van der Waals surface area contributed by atoms with Gasteiger partial charge in [0.05, 0.1) is 0 Å². The number of hydrogen-bond acceptors (Lipinski definition) is 5. The van der Waals surface area contributed by atoms with Crippen molar-refractivity contribution in [3.05, 3.63) is 65.7 Å².